The van der Waals surface area contributed by atoms with Gasteiger partial charge in [0.25, 0.3) is 0 Å². The Morgan fingerprint density at radius 2 is 2.00 bits per heavy atom. The zero-order valence-corrected chi connectivity index (χ0v) is 8.59. The van der Waals surface area contributed by atoms with Crippen molar-refractivity contribution in [1.29, 1.82) is 0 Å². The second kappa shape index (κ2) is 3.27. The van der Waals surface area contributed by atoms with Crippen molar-refractivity contribution in [1.82, 2.24) is 0 Å². The first kappa shape index (κ1) is 9.87. The van der Waals surface area contributed by atoms with Gasteiger partial charge < -0.3 is 0 Å². The van der Waals surface area contributed by atoms with Crippen LogP contribution in [0.25, 0.3) is 0 Å². The average Bonchev–Trinajstić information content (AvgIpc) is 1.92. The maximum Gasteiger partial charge on any atom is 0.146 e. The smallest absolute Gasteiger partial charge is 0.146 e. The maximum absolute atomic E-state index is 13.3. The molecular formula is C9H10ClFS. The van der Waals surface area contributed by atoms with Crippen molar-refractivity contribution >= 4 is 24.2 Å². The third-order valence-electron chi connectivity index (χ3n) is 1.61. The Morgan fingerprint density at radius 1 is 1.42 bits per heavy atom. The molecule has 0 heterocycles. The van der Waals surface area contributed by atoms with Crippen molar-refractivity contribution < 1.29 is 4.39 Å². The van der Waals surface area contributed by atoms with E-state index in [1.165, 1.54) is 6.07 Å². The molecule has 0 fully saturated rings. The van der Waals surface area contributed by atoms with Gasteiger partial charge in [0.1, 0.15) is 5.82 Å². The number of halogens is 2. The Kier molecular flexibility index (Phi) is 2.69. The van der Waals surface area contributed by atoms with Gasteiger partial charge >= 0.3 is 0 Å². The second-order valence-corrected chi connectivity index (χ2v) is 4.69. The van der Waals surface area contributed by atoms with Crippen molar-refractivity contribution in [3.05, 3.63) is 34.6 Å². The van der Waals surface area contributed by atoms with Crippen molar-refractivity contribution in [2.75, 3.05) is 0 Å². The molecule has 0 atom stereocenters. The molecule has 0 spiro atoms. The van der Waals surface area contributed by atoms with Crippen molar-refractivity contribution in [3.63, 3.8) is 0 Å². The summed E-state index contributed by atoms with van der Waals surface area (Å²) in [5, 5.41) is 0.148. The first-order chi connectivity index (χ1) is 5.43. The van der Waals surface area contributed by atoms with Gasteiger partial charge in [0, 0.05) is 10.3 Å². The molecule has 0 unspecified atom stereocenters. The van der Waals surface area contributed by atoms with Crippen molar-refractivity contribution in [3.8, 4) is 0 Å². The number of thiol groups is 1. The molecule has 0 aliphatic carbocycles. The highest BCUT2D eigenvalue weighted by molar-refractivity contribution is 7.81. The summed E-state index contributed by atoms with van der Waals surface area (Å²) in [5.41, 5.74) is 0.526. The van der Waals surface area contributed by atoms with Gasteiger partial charge in [-0.3, -0.25) is 0 Å². The van der Waals surface area contributed by atoms with Gasteiger partial charge in [0.05, 0.1) is 5.02 Å². The predicted molar refractivity (Wildman–Crippen MR) is 53.4 cm³/mol. The van der Waals surface area contributed by atoms with E-state index in [0.717, 1.165) is 0 Å². The predicted octanol–water partition coefficient (Wildman–Crippen LogP) is 3.64. The third kappa shape index (κ3) is 1.93. The summed E-state index contributed by atoms with van der Waals surface area (Å²) in [6.07, 6.45) is 0. The molecule has 66 valence electrons. The van der Waals surface area contributed by atoms with Gasteiger partial charge in [-0.15, -0.1) is 0 Å². The highest BCUT2D eigenvalue weighted by Crippen LogP contribution is 2.31. The van der Waals surface area contributed by atoms with Gasteiger partial charge in [0.15, 0.2) is 0 Å². The van der Waals surface area contributed by atoms with Gasteiger partial charge in [-0.1, -0.05) is 23.7 Å². The lowest BCUT2D eigenvalue weighted by Gasteiger charge is -2.18. The molecule has 0 bridgehead atoms. The van der Waals surface area contributed by atoms with E-state index in [1.807, 2.05) is 13.8 Å². The van der Waals surface area contributed by atoms with E-state index in [-0.39, 0.29) is 10.8 Å². The summed E-state index contributed by atoms with van der Waals surface area (Å²) >= 11 is 9.87. The molecule has 0 saturated carbocycles. The minimum absolute atomic E-state index is 0.148. The fraction of sp³-hybridized carbons (Fsp3) is 0.333. The number of hydrogen-bond donors (Lipinski definition) is 1. The second-order valence-electron chi connectivity index (χ2n) is 3.16. The van der Waals surface area contributed by atoms with Crippen molar-refractivity contribution in [2.45, 2.75) is 18.6 Å². The minimum atomic E-state index is -0.491. The first-order valence-electron chi connectivity index (χ1n) is 3.60. The van der Waals surface area contributed by atoms with E-state index >= 15 is 0 Å². The molecule has 0 aliphatic rings. The molecule has 0 N–H and O–H groups in total. The molecule has 12 heavy (non-hydrogen) atoms. The molecule has 0 amide bonds. The van der Waals surface area contributed by atoms with Crippen LogP contribution in [0.4, 0.5) is 4.39 Å². The lowest BCUT2D eigenvalue weighted by Crippen LogP contribution is -2.10. The van der Waals surface area contributed by atoms with E-state index in [2.05, 4.69) is 12.6 Å². The van der Waals surface area contributed by atoms with Crippen LogP contribution in [-0.4, -0.2) is 0 Å². The quantitative estimate of drug-likeness (QED) is 0.664. The zero-order valence-electron chi connectivity index (χ0n) is 6.94. The molecular weight excluding hydrogens is 195 g/mol. The van der Waals surface area contributed by atoms with E-state index in [9.17, 15) is 4.39 Å². The molecule has 1 rings (SSSR count). The average molecular weight is 205 g/mol. The molecule has 1 aromatic carbocycles. The Hall–Kier alpha value is -0.210. The molecule has 1 aromatic rings. The molecule has 3 heteroatoms. The lowest BCUT2D eigenvalue weighted by atomic mass is 10.0. The minimum Gasteiger partial charge on any atom is -0.205 e. The standard InChI is InChI=1S/C9H10ClFS/c1-9(2,12)6-4-3-5-7(10)8(6)11/h3-5,12H,1-2H3. The summed E-state index contributed by atoms with van der Waals surface area (Å²) in [7, 11) is 0. The van der Waals surface area contributed by atoms with Crippen LogP contribution in [0.2, 0.25) is 5.02 Å². The van der Waals surface area contributed by atoms with Crippen LogP contribution in [0.15, 0.2) is 18.2 Å². The number of benzene rings is 1. The Labute approximate surface area is 82.2 Å². The summed E-state index contributed by atoms with van der Waals surface area (Å²) in [5.74, 6) is -0.376. The number of rotatable bonds is 1. The van der Waals surface area contributed by atoms with E-state index in [0.29, 0.717) is 5.56 Å². The SMILES string of the molecule is CC(C)(S)c1cccc(Cl)c1F. The molecule has 0 aromatic heterocycles. The van der Waals surface area contributed by atoms with Crippen LogP contribution in [0.3, 0.4) is 0 Å². The van der Waals surface area contributed by atoms with E-state index < -0.39 is 4.75 Å². The first-order valence-corrected chi connectivity index (χ1v) is 4.42. The van der Waals surface area contributed by atoms with Crippen LogP contribution >= 0.6 is 24.2 Å². The Morgan fingerprint density at radius 3 is 2.42 bits per heavy atom. The van der Waals surface area contributed by atoms with Crippen molar-refractivity contribution in [2.24, 2.45) is 0 Å². The lowest BCUT2D eigenvalue weighted by molar-refractivity contribution is 0.588. The van der Waals surface area contributed by atoms with E-state index in [4.69, 9.17) is 11.6 Å². The highest BCUT2D eigenvalue weighted by atomic mass is 35.5. The van der Waals surface area contributed by atoms with Crippen LogP contribution in [0.1, 0.15) is 19.4 Å². The van der Waals surface area contributed by atoms with Gasteiger partial charge in [-0.05, 0) is 19.9 Å². The normalized spacial score (nSPS) is 11.8. The molecule has 0 nitrogen and oxygen atoms in total. The van der Waals surface area contributed by atoms with Gasteiger partial charge in [-0.2, -0.15) is 12.6 Å². The zero-order chi connectivity index (χ0) is 9.35. The largest absolute Gasteiger partial charge is 0.205 e. The molecule has 0 radical (unpaired) electrons. The maximum atomic E-state index is 13.3. The number of hydrogen-bond acceptors (Lipinski definition) is 1. The third-order valence-corrected chi connectivity index (χ3v) is 2.14. The fourth-order valence-electron chi connectivity index (χ4n) is 0.976. The summed E-state index contributed by atoms with van der Waals surface area (Å²) in [6.45, 7) is 3.65. The van der Waals surface area contributed by atoms with Gasteiger partial charge in [-0.25, -0.2) is 4.39 Å². The van der Waals surface area contributed by atoms with E-state index in [1.54, 1.807) is 12.1 Å². The Bertz CT molecular complexity index is 291. The van der Waals surface area contributed by atoms with Crippen LogP contribution in [0, 0.1) is 5.82 Å². The summed E-state index contributed by atoms with van der Waals surface area (Å²) < 4.78 is 12.8. The highest BCUT2D eigenvalue weighted by Gasteiger charge is 2.20. The van der Waals surface area contributed by atoms with Crippen LogP contribution in [-0.2, 0) is 4.75 Å². The Balaban J connectivity index is 3.26. The monoisotopic (exact) mass is 204 g/mol. The van der Waals surface area contributed by atoms with Crippen LogP contribution in [0.5, 0.6) is 0 Å². The molecule has 0 aliphatic heterocycles. The molecule has 0 saturated heterocycles. The summed E-state index contributed by atoms with van der Waals surface area (Å²) in [4.78, 5) is 0. The van der Waals surface area contributed by atoms with Gasteiger partial charge in [0.2, 0.25) is 0 Å². The topological polar surface area (TPSA) is 0 Å². The fourth-order valence-corrected chi connectivity index (χ4v) is 1.32. The van der Waals surface area contributed by atoms with Crippen LogP contribution < -0.4 is 0 Å². The summed E-state index contributed by atoms with van der Waals surface area (Å²) in [6, 6.07) is 4.94.